The Morgan fingerprint density at radius 3 is 2.95 bits per heavy atom. The fourth-order valence-corrected chi connectivity index (χ4v) is 2.63. The summed E-state index contributed by atoms with van der Waals surface area (Å²) in [7, 11) is 1.97. The van der Waals surface area contributed by atoms with Crippen molar-refractivity contribution in [3.63, 3.8) is 0 Å². The Morgan fingerprint density at radius 1 is 1.40 bits per heavy atom. The first-order valence-electron chi connectivity index (χ1n) is 6.94. The number of halogens is 1. The molecule has 0 aliphatic heterocycles. The van der Waals surface area contributed by atoms with Gasteiger partial charge < -0.3 is 9.84 Å². The van der Waals surface area contributed by atoms with Gasteiger partial charge in [0.05, 0.1) is 0 Å². The van der Waals surface area contributed by atoms with Gasteiger partial charge in [0.25, 0.3) is 0 Å². The number of likely N-dealkylation sites (N-methyl/N-ethyl adjacent to an activating group) is 1. The standard InChI is InChI=1S/C15H20BrN3O/c1-3-5-13(17-2)10-15-18-14(19-20-15)9-11-6-4-7-12(16)8-11/h4,6-8,13,17H,3,5,9-10H2,1-2H3. The molecule has 2 rings (SSSR count). The predicted octanol–water partition coefficient (Wildman–Crippen LogP) is 3.35. The molecule has 1 aromatic heterocycles. The van der Waals surface area contributed by atoms with E-state index >= 15 is 0 Å². The van der Waals surface area contributed by atoms with Gasteiger partial charge in [0.1, 0.15) is 0 Å². The highest BCUT2D eigenvalue weighted by atomic mass is 79.9. The van der Waals surface area contributed by atoms with Gasteiger partial charge in [-0.2, -0.15) is 4.98 Å². The number of rotatable bonds is 7. The minimum absolute atomic E-state index is 0.402. The maximum Gasteiger partial charge on any atom is 0.228 e. The zero-order valence-electron chi connectivity index (χ0n) is 11.9. The smallest absolute Gasteiger partial charge is 0.228 e. The van der Waals surface area contributed by atoms with Crippen molar-refractivity contribution in [2.24, 2.45) is 0 Å². The van der Waals surface area contributed by atoms with E-state index in [2.05, 4.69) is 50.4 Å². The molecule has 0 fully saturated rings. The first kappa shape index (κ1) is 15.2. The van der Waals surface area contributed by atoms with Gasteiger partial charge in [0.2, 0.25) is 5.89 Å². The van der Waals surface area contributed by atoms with E-state index in [1.807, 2.05) is 19.2 Å². The number of nitrogens with one attached hydrogen (secondary N) is 1. The van der Waals surface area contributed by atoms with E-state index in [0.29, 0.717) is 18.4 Å². The first-order chi connectivity index (χ1) is 9.71. The molecule has 1 N–H and O–H groups in total. The van der Waals surface area contributed by atoms with Crippen molar-refractivity contribution in [3.05, 3.63) is 46.0 Å². The second-order valence-electron chi connectivity index (χ2n) is 4.89. The molecule has 4 nitrogen and oxygen atoms in total. The van der Waals surface area contributed by atoms with Gasteiger partial charge in [0, 0.05) is 23.4 Å². The number of hydrogen-bond acceptors (Lipinski definition) is 4. The summed E-state index contributed by atoms with van der Waals surface area (Å²) in [4.78, 5) is 4.47. The molecular formula is C15H20BrN3O. The molecule has 2 aromatic rings. The van der Waals surface area contributed by atoms with Crippen molar-refractivity contribution in [1.29, 1.82) is 0 Å². The van der Waals surface area contributed by atoms with E-state index in [0.717, 1.165) is 29.6 Å². The summed E-state index contributed by atoms with van der Waals surface area (Å²) in [6.45, 7) is 2.18. The molecule has 1 aromatic carbocycles. The van der Waals surface area contributed by atoms with Crippen LogP contribution in [0.15, 0.2) is 33.3 Å². The lowest BCUT2D eigenvalue weighted by atomic mass is 10.1. The van der Waals surface area contributed by atoms with Gasteiger partial charge in [-0.05, 0) is 31.2 Å². The molecule has 0 aliphatic carbocycles. The monoisotopic (exact) mass is 337 g/mol. The molecule has 20 heavy (non-hydrogen) atoms. The number of benzene rings is 1. The molecule has 5 heteroatoms. The van der Waals surface area contributed by atoms with Crippen LogP contribution in [0, 0.1) is 0 Å². The third-order valence-electron chi connectivity index (χ3n) is 3.23. The summed E-state index contributed by atoms with van der Waals surface area (Å²) >= 11 is 3.47. The Kier molecular flexibility index (Phi) is 5.73. The first-order valence-corrected chi connectivity index (χ1v) is 7.73. The Bertz CT molecular complexity index is 541. The number of nitrogens with zero attached hydrogens (tertiary/aromatic N) is 2. The van der Waals surface area contributed by atoms with Crippen LogP contribution >= 0.6 is 15.9 Å². The van der Waals surface area contributed by atoms with Gasteiger partial charge >= 0.3 is 0 Å². The SMILES string of the molecule is CCCC(Cc1nc(Cc2cccc(Br)c2)no1)NC. The summed E-state index contributed by atoms with van der Waals surface area (Å²) in [6.07, 6.45) is 3.74. The third-order valence-corrected chi connectivity index (χ3v) is 3.72. The van der Waals surface area contributed by atoms with Gasteiger partial charge in [-0.1, -0.05) is 46.6 Å². The van der Waals surface area contributed by atoms with Gasteiger partial charge in [-0.25, -0.2) is 0 Å². The molecule has 0 saturated heterocycles. The van der Waals surface area contributed by atoms with Crippen LogP contribution in [0.25, 0.3) is 0 Å². The van der Waals surface area contributed by atoms with Crippen molar-refractivity contribution in [1.82, 2.24) is 15.5 Å². The molecular weight excluding hydrogens is 318 g/mol. The van der Waals surface area contributed by atoms with Crippen molar-refractivity contribution in [2.75, 3.05) is 7.05 Å². The Hall–Kier alpha value is -1.20. The quantitative estimate of drug-likeness (QED) is 0.841. The summed E-state index contributed by atoms with van der Waals surface area (Å²) in [6, 6.07) is 8.56. The van der Waals surface area contributed by atoms with Crippen molar-refractivity contribution in [3.8, 4) is 0 Å². The summed E-state index contributed by atoms with van der Waals surface area (Å²) in [5.74, 6) is 1.45. The zero-order valence-corrected chi connectivity index (χ0v) is 13.5. The summed E-state index contributed by atoms with van der Waals surface area (Å²) < 4.78 is 6.40. The molecule has 0 aliphatic rings. The van der Waals surface area contributed by atoms with E-state index in [1.165, 1.54) is 5.56 Å². The zero-order chi connectivity index (χ0) is 14.4. The maximum absolute atomic E-state index is 5.33. The molecule has 1 atom stereocenters. The normalized spacial score (nSPS) is 12.6. The van der Waals surface area contributed by atoms with Crippen LogP contribution in [0.3, 0.4) is 0 Å². The highest BCUT2D eigenvalue weighted by molar-refractivity contribution is 9.10. The van der Waals surface area contributed by atoms with Crippen LogP contribution in [-0.2, 0) is 12.8 Å². The lowest BCUT2D eigenvalue weighted by molar-refractivity contribution is 0.352. The molecule has 1 heterocycles. The Labute approximate surface area is 128 Å². The average molecular weight is 338 g/mol. The minimum atomic E-state index is 0.402. The highest BCUT2D eigenvalue weighted by Crippen LogP contribution is 2.14. The lowest BCUT2D eigenvalue weighted by Gasteiger charge is -2.11. The molecule has 0 radical (unpaired) electrons. The van der Waals surface area contributed by atoms with Crippen LogP contribution in [0.4, 0.5) is 0 Å². The van der Waals surface area contributed by atoms with Gasteiger partial charge in [-0.15, -0.1) is 0 Å². The van der Waals surface area contributed by atoms with E-state index in [-0.39, 0.29) is 0 Å². The largest absolute Gasteiger partial charge is 0.339 e. The molecule has 0 amide bonds. The van der Waals surface area contributed by atoms with Crippen LogP contribution in [0.5, 0.6) is 0 Å². The Morgan fingerprint density at radius 2 is 2.25 bits per heavy atom. The van der Waals surface area contributed by atoms with Crippen LogP contribution in [0.1, 0.15) is 37.0 Å². The van der Waals surface area contributed by atoms with Gasteiger partial charge in [-0.3, -0.25) is 0 Å². The van der Waals surface area contributed by atoms with Crippen LogP contribution in [0.2, 0.25) is 0 Å². The molecule has 0 saturated carbocycles. The van der Waals surface area contributed by atoms with E-state index in [1.54, 1.807) is 0 Å². The lowest BCUT2D eigenvalue weighted by Crippen LogP contribution is -2.27. The highest BCUT2D eigenvalue weighted by Gasteiger charge is 2.12. The average Bonchev–Trinajstić information content (AvgIpc) is 2.85. The maximum atomic E-state index is 5.33. The molecule has 108 valence electrons. The van der Waals surface area contributed by atoms with Gasteiger partial charge in [0.15, 0.2) is 5.82 Å². The molecule has 0 spiro atoms. The van der Waals surface area contributed by atoms with Crippen molar-refractivity contribution in [2.45, 2.75) is 38.6 Å². The fraction of sp³-hybridized carbons (Fsp3) is 0.467. The Balaban J connectivity index is 1.98. The topological polar surface area (TPSA) is 51.0 Å². The second kappa shape index (κ2) is 7.55. The second-order valence-corrected chi connectivity index (χ2v) is 5.81. The van der Waals surface area contributed by atoms with Crippen molar-refractivity contribution < 1.29 is 4.52 Å². The number of aromatic nitrogens is 2. The van der Waals surface area contributed by atoms with Crippen LogP contribution < -0.4 is 5.32 Å². The van der Waals surface area contributed by atoms with Crippen LogP contribution in [-0.4, -0.2) is 23.2 Å². The van der Waals surface area contributed by atoms with E-state index in [4.69, 9.17) is 4.52 Å². The molecule has 1 unspecified atom stereocenters. The van der Waals surface area contributed by atoms with Crippen molar-refractivity contribution >= 4 is 15.9 Å². The summed E-state index contributed by atoms with van der Waals surface area (Å²) in [5.41, 5.74) is 1.17. The minimum Gasteiger partial charge on any atom is -0.339 e. The van der Waals surface area contributed by atoms with E-state index < -0.39 is 0 Å². The molecule has 0 bridgehead atoms. The predicted molar refractivity (Wildman–Crippen MR) is 82.7 cm³/mol. The third kappa shape index (κ3) is 4.42. The number of hydrogen-bond donors (Lipinski definition) is 1. The fourth-order valence-electron chi connectivity index (χ4n) is 2.18. The summed E-state index contributed by atoms with van der Waals surface area (Å²) in [5, 5.41) is 7.34. The van der Waals surface area contributed by atoms with E-state index in [9.17, 15) is 0 Å².